The van der Waals surface area contributed by atoms with Gasteiger partial charge in [0, 0.05) is 47.4 Å². The average Bonchev–Trinajstić information content (AvgIpc) is 3.22. The summed E-state index contributed by atoms with van der Waals surface area (Å²) >= 11 is 0. The van der Waals surface area contributed by atoms with Crippen molar-refractivity contribution in [2.24, 2.45) is 5.92 Å². The number of ether oxygens (including phenoxy) is 2. The lowest BCUT2D eigenvalue weighted by Crippen LogP contribution is -2.52. The van der Waals surface area contributed by atoms with Gasteiger partial charge in [-0.1, -0.05) is 31.9 Å². The molecule has 6 rings (SSSR count). The molecule has 0 saturated carbocycles. The first-order chi connectivity index (χ1) is 16.9. The van der Waals surface area contributed by atoms with Crippen molar-refractivity contribution in [3.8, 4) is 24.2 Å². The number of terminal acetylenes is 1. The van der Waals surface area contributed by atoms with Crippen molar-refractivity contribution in [3.05, 3.63) is 57.4 Å². The highest BCUT2D eigenvalue weighted by molar-refractivity contribution is 6.15. The Morgan fingerprint density at radius 3 is 2.69 bits per heavy atom. The molecule has 35 heavy (non-hydrogen) atoms. The van der Waals surface area contributed by atoms with Crippen molar-refractivity contribution >= 4 is 11.9 Å². The maximum absolute atomic E-state index is 13.7. The third kappa shape index (κ3) is 3.44. The van der Waals surface area contributed by atoms with Gasteiger partial charge in [0.05, 0.1) is 42.4 Å². The summed E-state index contributed by atoms with van der Waals surface area (Å²) in [6, 6.07) is 6.69. The maximum atomic E-state index is 13.7. The number of nitrogens with one attached hydrogen (secondary N) is 1. The molecule has 4 aliphatic rings. The van der Waals surface area contributed by atoms with E-state index in [4.69, 9.17) is 15.9 Å². The second kappa shape index (κ2) is 8.12. The minimum absolute atomic E-state index is 0.0223. The number of nitrogens with zero attached hydrogens (tertiary/aromatic N) is 2. The minimum atomic E-state index is -0.440. The lowest BCUT2D eigenvalue weighted by atomic mass is 9.70. The van der Waals surface area contributed by atoms with Crippen LogP contribution >= 0.6 is 0 Å². The topological polar surface area (TPSA) is 78.3 Å². The van der Waals surface area contributed by atoms with E-state index in [9.17, 15) is 10.1 Å². The molecule has 1 atom stereocenters. The number of rotatable bonds is 3. The molecule has 2 fully saturated rings. The van der Waals surface area contributed by atoms with Gasteiger partial charge in [0.15, 0.2) is 5.78 Å². The lowest BCUT2D eigenvalue weighted by Gasteiger charge is -2.41. The number of allylic oxidation sites excluding steroid dienone is 1. The Hall–Kier alpha value is -3.32. The van der Waals surface area contributed by atoms with Crippen molar-refractivity contribution in [2.75, 3.05) is 26.3 Å². The van der Waals surface area contributed by atoms with Crippen LogP contribution in [0.2, 0.25) is 0 Å². The van der Waals surface area contributed by atoms with Crippen LogP contribution in [0.4, 0.5) is 0 Å². The fourth-order valence-electron chi connectivity index (χ4n) is 5.94. The van der Waals surface area contributed by atoms with Crippen LogP contribution in [0.5, 0.6) is 5.75 Å². The number of aromatic nitrogens is 1. The first-order valence-electron chi connectivity index (χ1n) is 12.4. The summed E-state index contributed by atoms with van der Waals surface area (Å²) in [4.78, 5) is 19.7. The van der Waals surface area contributed by atoms with Crippen LogP contribution in [0.3, 0.4) is 0 Å². The Morgan fingerprint density at radius 2 is 2.03 bits per heavy atom. The Morgan fingerprint density at radius 1 is 1.26 bits per heavy atom. The van der Waals surface area contributed by atoms with Crippen molar-refractivity contribution in [1.29, 1.82) is 5.26 Å². The summed E-state index contributed by atoms with van der Waals surface area (Å²) in [6.45, 7) is 7.91. The van der Waals surface area contributed by atoms with Crippen molar-refractivity contribution in [3.63, 3.8) is 0 Å². The lowest BCUT2D eigenvalue weighted by molar-refractivity contribution is -0.0778. The zero-order valence-electron chi connectivity index (χ0n) is 20.2. The van der Waals surface area contributed by atoms with Gasteiger partial charge < -0.3 is 14.5 Å². The van der Waals surface area contributed by atoms with E-state index < -0.39 is 5.41 Å². The molecule has 0 bridgehead atoms. The molecular weight excluding hydrogens is 438 g/mol. The molecule has 2 aromatic rings. The van der Waals surface area contributed by atoms with Gasteiger partial charge in [-0.25, -0.2) is 0 Å². The Labute approximate surface area is 205 Å². The number of aromatic amines is 1. The number of benzene rings is 1. The van der Waals surface area contributed by atoms with E-state index in [1.165, 1.54) is 0 Å². The van der Waals surface area contributed by atoms with Crippen LogP contribution in [-0.4, -0.2) is 54.1 Å². The highest BCUT2D eigenvalue weighted by Crippen LogP contribution is 2.46. The van der Waals surface area contributed by atoms with Crippen LogP contribution in [0.15, 0.2) is 18.2 Å². The molecular formula is C29H29N3O3. The standard InChI is InChI=1S/C29H29N3O3/c1-4-18-12-22-23(13-25(18)35-20-7-9-32(10-8-20)19-15-34-16-19)29(2,3)28-26(27(22)33)21-6-5-17(14-30)11-24(21)31-28/h1,5-6,12-13,17,19-20,31H,7-11,15-16H2,2-3H3. The fourth-order valence-corrected chi connectivity index (χ4v) is 5.94. The van der Waals surface area contributed by atoms with Gasteiger partial charge in [-0.2, -0.15) is 5.26 Å². The third-order valence-electron chi connectivity index (χ3n) is 8.16. The van der Waals surface area contributed by atoms with E-state index in [1.807, 2.05) is 24.3 Å². The number of likely N-dealkylation sites (tertiary alicyclic amines) is 1. The second-order valence-corrected chi connectivity index (χ2v) is 10.6. The summed E-state index contributed by atoms with van der Waals surface area (Å²) in [5.41, 5.74) is 5.21. The fraction of sp³-hybridized carbons (Fsp3) is 0.448. The van der Waals surface area contributed by atoms with Crippen LogP contribution < -0.4 is 4.74 Å². The summed E-state index contributed by atoms with van der Waals surface area (Å²) < 4.78 is 11.8. The molecule has 1 N–H and O–H groups in total. The van der Waals surface area contributed by atoms with Gasteiger partial charge in [-0.3, -0.25) is 9.69 Å². The smallest absolute Gasteiger partial charge is 0.195 e. The first-order valence-corrected chi connectivity index (χ1v) is 12.4. The van der Waals surface area contributed by atoms with Crippen LogP contribution in [0.1, 0.15) is 70.7 Å². The molecule has 6 heteroatoms. The Kier molecular flexibility index (Phi) is 5.14. The van der Waals surface area contributed by atoms with Crippen LogP contribution in [0.25, 0.3) is 6.08 Å². The number of nitriles is 1. The maximum Gasteiger partial charge on any atom is 0.195 e. The molecule has 0 spiro atoms. The van der Waals surface area contributed by atoms with Crippen LogP contribution in [0, 0.1) is 29.6 Å². The van der Waals surface area contributed by atoms with E-state index in [2.05, 4.69) is 35.7 Å². The molecule has 6 nitrogen and oxygen atoms in total. The number of fused-ring (bicyclic) bond motifs is 4. The molecule has 3 heterocycles. The highest BCUT2D eigenvalue weighted by Gasteiger charge is 2.42. The number of hydrogen-bond acceptors (Lipinski definition) is 5. The summed E-state index contributed by atoms with van der Waals surface area (Å²) in [6.07, 6.45) is 12.3. The average molecular weight is 468 g/mol. The summed E-state index contributed by atoms with van der Waals surface area (Å²) in [5.74, 6) is 3.24. The van der Waals surface area contributed by atoms with Gasteiger partial charge in [-0.05, 0) is 30.5 Å². The van der Waals surface area contributed by atoms with E-state index >= 15 is 0 Å². The van der Waals surface area contributed by atoms with E-state index in [0.717, 1.165) is 61.7 Å². The van der Waals surface area contributed by atoms with Crippen LogP contribution in [-0.2, 0) is 16.6 Å². The van der Waals surface area contributed by atoms with Gasteiger partial charge in [-0.15, -0.1) is 6.42 Å². The molecule has 2 aliphatic carbocycles. The predicted octanol–water partition coefficient (Wildman–Crippen LogP) is 3.82. The SMILES string of the molecule is C#Cc1cc2c(cc1OC1CCN(C3COC3)CC1)C(C)(C)c1[nH]c3c(c1C2=O)C=CC(C#N)C3. The molecule has 1 aromatic carbocycles. The van der Waals surface area contributed by atoms with Gasteiger partial charge >= 0.3 is 0 Å². The minimum Gasteiger partial charge on any atom is -0.489 e. The summed E-state index contributed by atoms with van der Waals surface area (Å²) in [7, 11) is 0. The number of piperidine rings is 1. The normalized spacial score (nSPS) is 23.4. The molecule has 1 unspecified atom stereocenters. The van der Waals surface area contributed by atoms with Gasteiger partial charge in [0.25, 0.3) is 0 Å². The number of carbonyl (C=O) groups excluding carboxylic acids is 1. The Bertz CT molecular complexity index is 1320. The number of carbonyl (C=O) groups is 1. The van der Waals surface area contributed by atoms with E-state index in [0.29, 0.717) is 34.9 Å². The van der Waals surface area contributed by atoms with Gasteiger partial charge in [0.2, 0.25) is 0 Å². The zero-order chi connectivity index (χ0) is 24.3. The van der Waals surface area contributed by atoms with Crippen molar-refractivity contribution < 1.29 is 14.3 Å². The zero-order valence-corrected chi connectivity index (χ0v) is 20.2. The Balaban J connectivity index is 1.33. The largest absolute Gasteiger partial charge is 0.489 e. The molecule has 2 saturated heterocycles. The van der Waals surface area contributed by atoms with E-state index in [1.54, 1.807) is 0 Å². The molecule has 0 amide bonds. The number of H-pyrrole nitrogens is 1. The van der Waals surface area contributed by atoms with Crippen molar-refractivity contribution in [1.82, 2.24) is 9.88 Å². The van der Waals surface area contributed by atoms with Gasteiger partial charge in [0.1, 0.15) is 11.9 Å². The quantitative estimate of drug-likeness (QED) is 0.695. The first kappa shape index (κ1) is 22.2. The summed E-state index contributed by atoms with van der Waals surface area (Å²) in [5, 5.41) is 9.37. The monoisotopic (exact) mass is 467 g/mol. The molecule has 1 aromatic heterocycles. The third-order valence-corrected chi connectivity index (χ3v) is 8.16. The molecule has 0 radical (unpaired) electrons. The number of hydrogen-bond donors (Lipinski definition) is 1. The second-order valence-electron chi connectivity index (χ2n) is 10.6. The molecule has 178 valence electrons. The van der Waals surface area contributed by atoms with Crippen molar-refractivity contribution in [2.45, 2.75) is 50.7 Å². The number of ketones is 1. The predicted molar refractivity (Wildman–Crippen MR) is 132 cm³/mol. The highest BCUT2D eigenvalue weighted by atomic mass is 16.5. The molecule has 2 aliphatic heterocycles. The van der Waals surface area contributed by atoms with E-state index in [-0.39, 0.29) is 17.8 Å².